The first-order valence-corrected chi connectivity index (χ1v) is 10.2. The van der Waals surface area contributed by atoms with Gasteiger partial charge in [-0.15, -0.1) is 0 Å². The lowest BCUT2D eigenvalue weighted by Gasteiger charge is -2.39. The molecule has 1 saturated heterocycles. The first kappa shape index (κ1) is 20.2. The number of benzene rings is 1. The lowest BCUT2D eigenvalue weighted by molar-refractivity contribution is -0.116. The summed E-state index contributed by atoms with van der Waals surface area (Å²) in [6, 6.07) is 4.58. The predicted molar refractivity (Wildman–Crippen MR) is 111 cm³/mol. The minimum atomic E-state index is -0.519. The van der Waals surface area contributed by atoms with Gasteiger partial charge in [0.2, 0.25) is 5.91 Å². The van der Waals surface area contributed by atoms with Crippen molar-refractivity contribution in [3.8, 4) is 5.75 Å². The Morgan fingerprint density at radius 3 is 2.76 bits per heavy atom. The molecule has 6 nitrogen and oxygen atoms in total. The second-order valence-electron chi connectivity index (χ2n) is 7.54. The second-order valence-corrected chi connectivity index (χ2v) is 8.39. The first-order valence-electron chi connectivity index (χ1n) is 9.43. The van der Waals surface area contributed by atoms with Crippen LogP contribution in [0.3, 0.4) is 0 Å². The molecule has 2 aromatic rings. The lowest BCUT2D eigenvalue weighted by atomic mass is 9.89. The number of piperidine rings is 1. The number of fused-ring (bicyclic) bond motifs is 1. The highest BCUT2D eigenvalue weighted by Gasteiger charge is 2.33. The number of nitrogens with two attached hydrogens (primary N) is 1. The van der Waals surface area contributed by atoms with E-state index in [0.717, 1.165) is 0 Å². The third-order valence-electron chi connectivity index (χ3n) is 5.45. The molecule has 0 bridgehead atoms. The third-order valence-corrected chi connectivity index (χ3v) is 5.93. The van der Waals surface area contributed by atoms with E-state index in [1.165, 1.54) is 6.07 Å². The summed E-state index contributed by atoms with van der Waals surface area (Å²) in [5, 5.41) is 3.60. The molecule has 1 aromatic heterocycles. The molecule has 154 valence electrons. The van der Waals surface area contributed by atoms with Crippen molar-refractivity contribution in [1.29, 1.82) is 0 Å². The number of nitrogens with one attached hydrogen (secondary N) is 1. The Kier molecular flexibility index (Phi) is 5.55. The highest BCUT2D eigenvalue weighted by Crippen LogP contribution is 2.35. The van der Waals surface area contributed by atoms with Gasteiger partial charge in [-0.05, 0) is 37.5 Å². The van der Waals surface area contributed by atoms with E-state index >= 15 is 0 Å². The van der Waals surface area contributed by atoms with E-state index in [4.69, 9.17) is 33.7 Å². The summed E-state index contributed by atoms with van der Waals surface area (Å²) in [6.45, 7) is 1.67. The van der Waals surface area contributed by atoms with E-state index in [9.17, 15) is 9.18 Å². The summed E-state index contributed by atoms with van der Waals surface area (Å²) in [6.07, 6.45) is 3.71. The molecule has 0 aliphatic carbocycles. The summed E-state index contributed by atoms with van der Waals surface area (Å²) in [4.78, 5) is 18.0. The van der Waals surface area contributed by atoms with E-state index < -0.39 is 11.4 Å². The number of hydrogen-bond donors (Lipinski definition) is 2. The van der Waals surface area contributed by atoms with Gasteiger partial charge in [-0.25, -0.2) is 9.37 Å². The zero-order chi connectivity index (χ0) is 20.6. The molecule has 9 heteroatoms. The van der Waals surface area contributed by atoms with Crippen LogP contribution in [0.4, 0.5) is 15.9 Å². The van der Waals surface area contributed by atoms with Crippen LogP contribution in [0, 0.1) is 5.82 Å². The molecule has 0 unspecified atom stereocenters. The van der Waals surface area contributed by atoms with E-state index in [1.54, 1.807) is 18.3 Å². The fourth-order valence-electron chi connectivity index (χ4n) is 3.73. The summed E-state index contributed by atoms with van der Waals surface area (Å²) in [7, 11) is 0. The van der Waals surface area contributed by atoms with Crippen LogP contribution in [0.5, 0.6) is 5.75 Å². The zero-order valence-electron chi connectivity index (χ0n) is 15.7. The Balaban J connectivity index is 1.41. The van der Waals surface area contributed by atoms with Crippen LogP contribution in [-0.2, 0) is 11.2 Å². The topological polar surface area (TPSA) is 80.5 Å². The summed E-state index contributed by atoms with van der Waals surface area (Å²) >= 11 is 12.2. The lowest BCUT2D eigenvalue weighted by Crippen LogP contribution is -2.54. The molecule has 0 spiro atoms. The van der Waals surface area contributed by atoms with Crippen LogP contribution in [0.25, 0.3) is 0 Å². The fourth-order valence-corrected chi connectivity index (χ4v) is 4.23. The maximum Gasteiger partial charge on any atom is 0.224 e. The number of aromatic nitrogens is 1. The number of rotatable bonds is 4. The molecular formula is C20H21Cl2FN4O2. The zero-order valence-corrected chi connectivity index (χ0v) is 17.2. The standard InChI is InChI=1S/C20H21Cl2FN4O2/c21-12-9-14(22)19(25-10-12)27-7-5-20(24,6-8-27)11-29-16-3-2-15(23)18-13(16)1-4-17(28)26-18/h2-3,9-10H,1,4-8,11,24H2,(H,26,28). The van der Waals surface area contributed by atoms with Crippen molar-refractivity contribution < 1.29 is 13.9 Å². The van der Waals surface area contributed by atoms with Gasteiger partial charge in [0.15, 0.2) is 0 Å². The molecule has 1 fully saturated rings. The molecule has 29 heavy (non-hydrogen) atoms. The summed E-state index contributed by atoms with van der Waals surface area (Å²) < 4.78 is 20.0. The van der Waals surface area contributed by atoms with Gasteiger partial charge in [0.1, 0.15) is 24.0 Å². The van der Waals surface area contributed by atoms with Gasteiger partial charge in [0.05, 0.1) is 21.3 Å². The van der Waals surface area contributed by atoms with E-state index in [0.29, 0.717) is 72.6 Å². The van der Waals surface area contributed by atoms with Crippen molar-refractivity contribution in [2.45, 2.75) is 31.2 Å². The molecule has 0 radical (unpaired) electrons. The van der Waals surface area contributed by atoms with Crippen molar-refractivity contribution in [2.24, 2.45) is 5.73 Å². The van der Waals surface area contributed by atoms with Gasteiger partial charge in [-0.3, -0.25) is 4.79 Å². The summed E-state index contributed by atoms with van der Waals surface area (Å²) in [5.41, 5.74) is 6.94. The first-order chi connectivity index (χ1) is 13.8. The van der Waals surface area contributed by atoms with E-state index in [-0.39, 0.29) is 11.6 Å². The number of anilines is 2. The molecule has 3 heterocycles. The number of nitrogens with zero attached hydrogens (tertiary/aromatic N) is 2. The van der Waals surface area contributed by atoms with Gasteiger partial charge in [0.25, 0.3) is 0 Å². The van der Waals surface area contributed by atoms with Crippen LogP contribution in [0.2, 0.25) is 10.0 Å². The van der Waals surface area contributed by atoms with Crippen molar-refractivity contribution in [1.82, 2.24) is 4.98 Å². The van der Waals surface area contributed by atoms with Crippen molar-refractivity contribution >= 4 is 40.6 Å². The Morgan fingerprint density at radius 1 is 1.28 bits per heavy atom. The average molecular weight is 439 g/mol. The number of hydrogen-bond acceptors (Lipinski definition) is 5. The van der Waals surface area contributed by atoms with Gasteiger partial charge < -0.3 is 20.7 Å². The van der Waals surface area contributed by atoms with Crippen LogP contribution < -0.4 is 20.7 Å². The van der Waals surface area contributed by atoms with Crippen LogP contribution >= 0.6 is 23.2 Å². The minimum Gasteiger partial charge on any atom is -0.491 e. The minimum absolute atomic E-state index is 0.189. The number of halogens is 3. The van der Waals surface area contributed by atoms with Crippen molar-refractivity contribution in [3.63, 3.8) is 0 Å². The normalized spacial score (nSPS) is 18.2. The molecule has 3 N–H and O–H groups in total. The average Bonchev–Trinajstić information content (AvgIpc) is 2.69. The number of amides is 1. The van der Waals surface area contributed by atoms with Crippen molar-refractivity contribution in [3.05, 3.63) is 45.8 Å². The molecule has 1 aromatic carbocycles. The number of carbonyl (C=O) groups is 1. The smallest absolute Gasteiger partial charge is 0.224 e. The van der Waals surface area contributed by atoms with Gasteiger partial charge in [0, 0.05) is 31.3 Å². The monoisotopic (exact) mass is 438 g/mol. The third kappa shape index (κ3) is 4.27. The molecule has 0 saturated carbocycles. The Hall–Kier alpha value is -2.09. The number of carbonyl (C=O) groups excluding carboxylic acids is 1. The Labute approximate surface area is 178 Å². The molecular weight excluding hydrogens is 418 g/mol. The maximum atomic E-state index is 14.0. The fraction of sp³-hybridized carbons (Fsp3) is 0.400. The van der Waals surface area contributed by atoms with Crippen LogP contribution in [-0.4, -0.2) is 36.1 Å². The Bertz CT molecular complexity index is 948. The SMILES string of the molecule is NC1(COc2ccc(F)c3c2CCC(=O)N3)CCN(c2ncc(Cl)cc2Cl)CC1. The molecule has 0 atom stereocenters. The number of ether oxygens (including phenoxy) is 1. The van der Waals surface area contributed by atoms with Gasteiger partial charge in [-0.1, -0.05) is 23.2 Å². The van der Waals surface area contributed by atoms with Crippen LogP contribution in [0.1, 0.15) is 24.8 Å². The number of pyridine rings is 1. The molecule has 2 aliphatic heterocycles. The highest BCUT2D eigenvalue weighted by atomic mass is 35.5. The molecule has 4 rings (SSSR count). The molecule has 1 amide bonds. The highest BCUT2D eigenvalue weighted by molar-refractivity contribution is 6.36. The second kappa shape index (κ2) is 7.97. The largest absolute Gasteiger partial charge is 0.491 e. The molecule has 2 aliphatic rings. The van der Waals surface area contributed by atoms with Crippen LogP contribution in [0.15, 0.2) is 24.4 Å². The van der Waals surface area contributed by atoms with E-state index in [2.05, 4.69) is 15.2 Å². The predicted octanol–water partition coefficient (Wildman–Crippen LogP) is 3.79. The maximum absolute atomic E-state index is 14.0. The quantitative estimate of drug-likeness (QED) is 0.758. The van der Waals surface area contributed by atoms with E-state index in [1.807, 2.05) is 0 Å². The van der Waals surface area contributed by atoms with Gasteiger partial charge in [-0.2, -0.15) is 0 Å². The summed E-state index contributed by atoms with van der Waals surface area (Å²) in [5.74, 6) is 0.618. The van der Waals surface area contributed by atoms with Gasteiger partial charge >= 0.3 is 0 Å². The Morgan fingerprint density at radius 2 is 2.03 bits per heavy atom. The van der Waals surface area contributed by atoms with Crippen molar-refractivity contribution in [2.75, 3.05) is 29.9 Å².